The van der Waals surface area contributed by atoms with E-state index >= 15 is 0 Å². The number of pyridine rings is 1. The average molecular weight is 669 g/mol. The number of aromatic hydroxyl groups is 1. The SMILES string of the molecule is CCn1nc(COc2cccc(C(NC(=O)O)c3ccccc3)c2)cc1C(=O)N(C)CCCNC[C@@H](O)c1ccc(O)c2[nH]c(=O)ccc12. The zero-order valence-corrected chi connectivity index (χ0v) is 27.3. The average Bonchev–Trinajstić information content (AvgIpc) is 3.53. The first-order valence-electron chi connectivity index (χ1n) is 16.0. The van der Waals surface area contributed by atoms with Gasteiger partial charge < -0.3 is 40.6 Å². The molecule has 0 aliphatic rings. The number of hydrogen-bond acceptors (Lipinski definition) is 8. The second-order valence-corrected chi connectivity index (χ2v) is 11.6. The number of aryl methyl sites for hydroxylation is 1. The Labute approximate surface area is 282 Å². The summed E-state index contributed by atoms with van der Waals surface area (Å²) in [4.78, 5) is 40.8. The van der Waals surface area contributed by atoms with Gasteiger partial charge in [-0.1, -0.05) is 48.5 Å². The fourth-order valence-corrected chi connectivity index (χ4v) is 5.66. The first-order chi connectivity index (χ1) is 23.6. The van der Waals surface area contributed by atoms with Crippen molar-refractivity contribution in [3.05, 3.63) is 123 Å². The quantitative estimate of drug-likeness (QED) is 0.0892. The molecule has 0 fully saturated rings. The summed E-state index contributed by atoms with van der Waals surface area (Å²) in [5.74, 6) is 0.286. The van der Waals surface area contributed by atoms with Gasteiger partial charge in [0, 0.05) is 38.1 Å². The Bertz CT molecular complexity index is 1960. The van der Waals surface area contributed by atoms with E-state index in [1.54, 1.807) is 53.0 Å². The van der Waals surface area contributed by atoms with E-state index in [0.29, 0.717) is 54.1 Å². The van der Waals surface area contributed by atoms with Crippen LogP contribution in [0.15, 0.2) is 89.7 Å². The minimum Gasteiger partial charge on any atom is -0.506 e. The van der Waals surface area contributed by atoms with Crippen molar-refractivity contribution in [1.29, 1.82) is 0 Å². The van der Waals surface area contributed by atoms with Gasteiger partial charge in [0.25, 0.3) is 5.91 Å². The number of carbonyl (C=O) groups excluding carboxylic acids is 1. The minimum absolute atomic E-state index is 0.0666. The predicted molar refractivity (Wildman–Crippen MR) is 184 cm³/mol. The molecule has 3 aromatic carbocycles. The number of carboxylic acid groups (broad SMARTS) is 1. The van der Waals surface area contributed by atoms with E-state index in [2.05, 4.69) is 20.7 Å². The molecular formula is C36H40N6O7. The van der Waals surface area contributed by atoms with Crippen LogP contribution in [0.3, 0.4) is 0 Å². The summed E-state index contributed by atoms with van der Waals surface area (Å²) < 4.78 is 7.66. The Morgan fingerprint density at radius 3 is 2.55 bits per heavy atom. The van der Waals surface area contributed by atoms with Crippen LogP contribution in [0.2, 0.25) is 0 Å². The number of benzene rings is 3. The first-order valence-corrected chi connectivity index (χ1v) is 16.0. The lowest BCUT2D eigenvalue weighted by Gasteiger charge is -2.18. The molecule has 0 saturated carbocycles. The maximum Gasteiger partial charge on any atom is 0.405 e. The summed E-state index contributed by atoms with van der Waals surface area (Å²) in [6, 6.07) is 23.6. The van der Waals surface area contributed by atoms with Gasteiger partial charge in [0.15, 0.2) is 0 Å². The summed E-state index contributed by atoms with van der Waals surface area (Å²) in [7, 11) is 1.73. The minimum atomic E-state index is -1.14. The number of hydrogen-bond donors (Lipinski definition) is 6. The number of carbonyl (C=O) groups is 2. The van der Waals surface area contributed by atoms with E-state index in [4.69, 9.17) is 4.74 Å². The van der Waals surface area contributed by atoms with Crippen molar-refractivity contribution >= 4 is 22.9 Å². The largest absolute Gasteiger partial charge is 0.506 e. The van der Waals surface area contributed by atoms with Crippen LogP contribution in [0.1, 0.15) is 58.4 Å². The standard InChI is InChI=1S/C36H40N6O7/c1-3-42-29(20-25(40-42)22-49-26-12-7-11-24(19-26)33(39-36(47)48)23-9-5-4-6-10-23)35(46)41(2)18-8-17-37-21-31(44)27-13-15-30(43)34-28(27)14-16-32(45)38-34/h4-7,9-16,19-20,31,33,37,39,43-44H,3,8,17-18,21-22H2,1-2H3,(H,38,45)(H,47,48)/t31-,33?/m1/s1. The molecule has 6 N–H and O–H groups in total. The molecule has 13 heteroatoms. The van der Waals surface area contributed by atoms with E-state index in [0.717, 1.165) is 11.1 Å². The Morgan fingerprint density at radius 2 is 1.80 bits per heavy atom. The summed E-state index contributed by atoms with van der Waals surface area (Å²) >= 11 is 0. The molecule has 5 aromatic rings. The maximum atomic E-state index is 13.4. The van der Waals surface area contributed by atoms with Crippen molar-refractivity contribution in [3.8, 4) is 11.5 Å². The second kappa shape index (κ2) is 16.0. The Balaban J connectivity index is 1.14. The van der Waals surface area contributed by atoms with Crippen LogP contribution < -0.4 is 20.9 Å². The highest BCUT2D eigenvalue weighted by Gasteiger charge is 2.20. The van der Waals surface area contributed by atoms with E-state index in [1.807, 2.05) is 43.3 Å². The van der Waals surface area contributed by atoms with Gasteiger partial charge in [-0.25, -0.2) is 4.79 Å². The monoisotopic (exact) mass is 668 g/mol. The fourth-order valence-electron chi connectivity index (χ4n) is 5.66. The van der Waals surface area contributed by atoms with E-state index in [9.17, 15) is 29.7 Å². The third kappa shape index (κ3) is 8.63. The van der Waals surface area contributed by atoms with Crippen LogP contribution >= 0.6 is 0 Å². The lowest BCUT2D eigenvalue weighted by atomic mass is 9.99. The molecule has 2 heterocycles. The van der Waals surface area contributed by atoms with Gasteiger partial charge >= 0.3 is 6.09 Å². The van der Waals surface area contributed by atoms with Crippen LogP contribution in [0.5, 0.6) is 11.5 Å². The topological polar surface area (TPSA) is 182 Å². The maximum absolute atomic E-state index is 13.4. The summed E-state index contributed by atoms with van der Waals surface area (Å²) in [6.07, 6.45) is -1.38. The normalized spacial score (nSPS) is 12.4. The van der Waals surface area contributed by atoms with Crippen LogP contribution in [0.4, 0.5) is 4.79 Å². The number of H-pyrrole nitrogens is 1. The number of nitrogens with zero attached hydrogens (tertiary/aromatic N) is 3. The van der Waals surface area contributed by atoms with Gasteiger partial charge in [0.05, 0.1) is 17.7 Å². The summed E-state index contributed by atoms with van der Waals surface area (Å²) in [5, 5.41) is 41.2. The molecule has 49 heavy (non-hydrogen) atoms. The zero-order chi connectivity index (χ0) is 34.9. The van der Waals surface area contributed by atoms with Crippen molar-refractivity contribution in [3.63, 3.8) is 0 Å². The molecular weight excluding hydrogens is 628 g/mol. The highest BCUT2D eigenvalue weighted by atomic mass is 16.5. The number of nitrogens with one attached hydrogen (secondary N) is 3. The van der Waals surface area contributed by atoms with Crippen molar-refractivity contribution in [2.45, 2.75) is 38.6 Å². The second-order valence-electron chi connectivity index (χ2n) is 11.6. The number of aliphatic hydroxyl groups is 1. The van der Waals surface area contributed by atoms with Gasteiger partial charge in [-0.3, -0.25) is 14.3 Å². The van der Waals surface area contributed by atoms with Crippen molar-refractivity contribution in [2.75, 3.05) is 26.7 Å². The van der Waals surface area contributed by atoms with Crippen LogP contribution in [0.25, 0.3) is 10.9 Å². The molecule has 0 radical (unpaired) electrons. The summed E-state index contributed by atoms with van der Waals surface area (Å²) in [5.41, 5.74) is 3.05. The molecule has 5 rings (SSSR count). The van der Waals surface area contributed by atoms with Gasteiger partial charge in [-0.05, 0) is 66.9 Å². The summed E-state index contributed by atoms with van der Waals surface area (Å²) in [6.45, 7) is 3.76. The van der Waals surface area contributed by atoms with Crippen molar-refractivity contribution in [2.24, 2.45) is 0 Å². The highest BCUT2D eigenvalue weighted by Crippen LogP contribution is 2.29. The molecule has 0 aliphatic carbocycles. The number of phenolic OH excluding ortho intramolecular Hbond substituents is 1. The number of aliphatic hydroxyl groups excluding tert-OH is 1. The lowest BCUT2D eigenvalue weighted by Crippen LogP contribution is -2.32. The van der Waals surface area contributed by atoms with E-state index < -0.39 is 18.2 Å². The van der Waals surface area contributed by atoms with Gasteiger partial charge in [0.2, 0.25) is 5.56 Å². The van der Waals surface area contributed by atoms with E-state index in [1.165, 1.54) is 12.1 Å². The van der Waals surface area contributed by atoms with Gasteiger partial charge in [-0.15, -0.1) is 0 Å². The predicted octanol–water partition coefficient (Wildman–Crippen LogP) is 4.17. The van der Waals surface area contributed by atoms with Crippen LogP contribution in [-0.4, -0.2) is 73.7 Å². The smallest absolute Gasteiger partial charge is 0.405 e. The number of aromatic amines is 1. The third-order valence-corrected chi connectivity index (χ3v) is 8.13. The molecule has 0 saturated heterocycles. The number of amides is 2. The van der Waals surface area contributed by atoms with Gasteiger partial charge in [0.1, 0.15) is 29.5 Å². The molecule has 0 aliphatic heterocycles. The number of aromatic nitrogens is 3. The molecule has 1 unspecified atom stereocenters. The third-order valence-electron chi connectivity index (χ3n) is 8.13. The first kappa shape index (κ1) is 34.7. The number of fused-ring (bicyclic) bond motifs is 1. The number of ether oxygens (including phenoxy) is 1. The zero-order valence-electron chi connectivity index (χ0n) is 27.3. The Morgan fingerprint density at radius 1 is 1.02 bits per heavy atom. The molecule has 0 spiro atoms. The molecule has 2 aromatic heterocycles. The molecule has 13 nitrogen and oxygen atoms in total. The van der Waals surface area contributed by atoms with Gasteiger partial charge in [-0.2, -0.15) is 5.10 Å². The van der Waals surface area contributed by atoms with E-state index in [-0.39, 0.29) is 35.9 Å². The van der Waals surface area contributed by atoms with Crippen molar-refractivity contribution in [1.82, 2.24) is 30.3 Å². The molecule has 256 valence electrons. The number of rotatable bonds is 15. The lowest BCUT2D eigenvalue weighted by molar-refractivity contribution is 0.0780. The van der Waals surface area contributed by atoms with Crippen LogP contribution in [0, 0.1) is 0 Å². The Hall–Kier alpha value is -5.66. The molecule has 0 bridgehead atoms. The van der Waals surface area contributed by atoms with Crippen molar-refractivity contribution < 1.29 is 29.6 Å². The highest BCUT2D eigenvalue weighted by molar-refractivity contribution is 5.92. The molecule has 2 atom stereocenters. The fraction of sp³-hybridized carbons (Fsp3) is 0.278. The van der Waals surface area contributed by atoms with Crippen LogP contribution in [-0.2, 0) is 13.2 Å². The Kier molecular flexibility index (Phi) is 11.3. The molecule has 2 amide bonds. The number of phenols is 1.